The molecule has 0 radical (unpaired) electrons. The van der Waals surface area contributed by atoms with Crippen molar-refractivity contribution < 1.29 is 29.0 Å². The average molecular weight is 804 g/mol. The van der Waals surface area contributed by atoms with Crippen LogP contribution in [0.2, 0.25) is 10.0 Å². The summed E-state index contributed by atoms with van der Waals surface area (Å²) in [6.45, 7) is 2.74. The van der Waals surface area contributed by atoms with E-state index in [4.69, 9.17) is 32.7 Å². The van der Waals surface area contributed by atoms with Gasteiger partial charge in [-0.2, -0.15) is 5.26 Å². The number of fused-ring (bicyclic) bond motifs is 2. The SMILES string of the molecule is CCC(c1ccccc1)N1Cc2cc3c(cc2CC1C(=O)NC(Cc1ccc(C#N)cc1)C(=O)O)N(C)C(=O)C(c1ccc(OCc2ccc(Cl)c(Cl)c2)cc1)O3. The number of nitriles is 1. The van der Waals surface area contributed by atoms with E-state index >= 15 is 0 Å². The van der Waals surface area contributed by atoms with Crippen molar-refractivity contribution in [1.82, 2.24) is 10.2 Å². The number of rotatable bonds is 12. The van der Waals surface area contributed by atoms with Crippen LogP contribution in [0.3, 0.4) is 0 Å². The molecule has 0 bridgehead atoms. The number of likely N-dealkylation sites (N-methyl/N-ethyl adjacent to an activating group) is 1. The van der Waals surface area contributed by atoms with E-state index in [1.165, 1.54) is 0 Å². The maximum atomic E-state index is 14.3. The Morgan fingerprint density at radius 2 is 1.67 bits per heavy atom. The van der Waals surface area contributed by atoms with Crippen LogP contribution in [0.1, 0.15) is 64.4 Å². The lowest BCUT2D eigenvalue weighted by Gasteiger charge is -2.42. The van der Waals surface area contributed by atoms with Crippen LogP contribution in [-0.4, -0.2) is 46.9 Å². The summed E-state index contributed by atoms with van der Waals surface area (Å²) in [5, 5.41) is 23.1. The number of carbonyl (C=O) groups is 3. The number of aliphatic carboxylic acids is 1. The topological polar surface area (TPSA) is 132 Å². The fraction of sp³-hybridized carbons (Fsp3) is 0.244. The van der Waals surface area contributed by atoms with Crippen LogP contribution in [0.4, 0.5) is 5.69 Å². The second-order valence-corrected chi connectivity index (χ2v) is 15.0. The molecule has 57 heavy (non-hydrogen) atoms. The number of carboxylic acid groups (broad SMARTS) is 1. The molecule has 0 aliphatic carbocycles. The van der Waals surface area contributed by atoms with E-state index in [0.29, 0.717) is 56.9 Å². The van der Waals surface area contributed by atoms with Crippen LogP contribution >= 0.6 is 23.2 Å². The molecule has 2 aliphatic rings. The number of hydrogen-bond acceptors (Lipinski definition) is 7. The predicted molar refractivity (Wildman–Crippen MR) is 217 cm³/mol. The summed E-state index contributed by atoms with van der Waals surface area (Å²) in [6, 6.07) is 33.0. The van der Waals surface area contributed by atoms with Crippen LogP contribution in [0.5, 0.6) is 11.5 Å². The molecule has 2 aliphatic heterocycles. The Morgan fingerprint density at radius 3 is 2.33 bits per heavy atom. The normalized spacial score (nSPS) is 17.3. The van der Waals surface area contributed by atoms with E-state index in [1.54, 1.807) is 60.5 Å². The molecule has 2 N–H and O–H groups in total. The van der Waals surface area contributed by atoms with Gasteiger partial charge in [-0.3, -0.25) is 14.5 Å². The third-order valence-electron chi connectivity index (χ3n) is 10.6. The Hall–Kier alpha value is -5.86. The lowest BCUT2D eigenvalue weighted by Crippen LogP contribution is -2.55. The van der Waals surface area contributed by atoms with Crippen LogP contribution in [0.15, 0.2) is 109 Å². The highest BCUT2D eigenvalue weighted by molar-refractivity contribution is 6.42. The summed E-state index contributed by atoms with van der Waals surface area (Å²) in [4.78, 5) is 44.2. The number of halogens is 2. The van der Waals surface area contributed by atoms with Crippen molar-refractivity contribution >= 4 is 46.7 Å². The van der Waals surface area contributed by atoms with Gasteiger partial charge in [0, 0.05) is 31.6 Å². The van der Waals surface area contributed by atoms with Crippen molar-refractivity contribution in [2.45, 2.75) is 63.6 Å². The van der Waals surface area contributed by atoms with Crippen molar-refractivity contribution in [1.29, 1.82) is 5.26 Å². The molecular formula is C45H40Cl2N4O6. The highest BCUT2D eigenvalue weighted by Gasteiger charge is 2.40. The monoisotopic (exact) mass is 802 g/mol. The van der Waals surface area contributed by atoms with Crippen molar-refractivity contribution in [3.8, 4) is 17.6 Å². The lowest BCUT2D eigenvalue weighted by molar-refractivity contribution is -0.143. The molecule has 0 saturated carbocycles. The van der Waals surface area contributed by atoms with Crippen LogP contribution in [-0.2, 0) is 40.4 Å². The first kappa shape index (κ1) is 39.4. The number of amides is 2. The largest absolute Gasteiger partial charge is 0.489 e. The second-order valence-electron chi connectivity index (χ2n) is 14.2. The fourth-order valence-corrected chi connectivity index (χ4v) is 7.84. The smallest absolute Gasteiger partial charge is 0.326 e. The van der Waals surface area contributed by atoms with E-state index in [9.17, 15) is 24.8 Å². The predicted octanol–water partition coefficient (Wildman–Crippen LogP) is 8.23. The molecular weight excluding hydrogens is 763 g/mol. The molecule has 10 nitrogen and oxygen atoms in total. The third-order valence-corrected chi connectivity index (χ3v) is 11.3. The Bertz CT molecular complexity index is 2330. The number of ether oxygens (including phenoxy) is 2. The molecule has 0 aromatic heterocycles. The van der Waals surface area contributed by atoms with Gasteiger partial charge in [0.2, 0.25) is 12.0 Å². The molecule has 2 amide bonds. The number of anilines is 1. The van der Waals surface area contributed by atoms with Gasteiger partial charge >= 0.3 is 5.97 Å². The van der Waals surface area contributed by atoms with Gasteiger partial charge in [-0.1, -0.05) is 90.8 Å². The molecule has 0 fully saturated rings. The standard InChI is InChI=1S/C45H40Cl2N4O6/c1-3-38(30-7-5-4-6-8-30)51-25-33-23-41-39(21-32(33)22-40(51)43(52)49-37(45(54)55)20-27-9-11-28(24-48)12-10-27)50(2)44(53)42(57-41)31-14-16-34(17-15-31)56-26-29-13-18-35(46)36(47)19-29/h4-19,21,23,37-38,40,42H,3,20,22,25-26H2,1-2H3,(H,49,52)(H,54,55). The fourth-order valence-electron chi connectivity index (χ4n) is 7.52. The van der Waals surface area contributed by atoms with Crippen LogP contribution < -0.4 is 19.7 Å². The van der Waals surface area contributed by atoms with Crippen molar-refractivity contribution in [2.24, 2.45) is 0 Å². The second kappa shape index (κ2) is 17.1. The maximum Gasteiger partial charge on any atom is 0.326 e. The van der Waals surface area contributed by atoms with Gasteiger partial charge in [-0.15, -0.1) is 0 Å². The Balaban J connectivity index is 1.14. The van der Waals surface area contributed by atoms with E-state index in [2.05, 4.69) is 23.2 Å². The molecule has 4 unspecified atom stereocenters. The van der Waals surface area contributed by atoms with E-state index in [-0.39, 0.29) is 31.4 Å². The zero-order valence-corrected chi connectivity index (χ0v) is 32.8. The lowest BCUT2D eigenvalue weighted by atomic mass is 9.88. The number of carboxylic acids is 1. The number of nitrogens with zero attached hydrogens (tertiary/aromatic N) is 3. The Kier molecular flexibility index (Phi) is 11.8. The highest BCUT2D eigenvalue weighted by atomic mass is 35.5. The molecule has 12 heteroatoms. The summed E-state index contributed by atoms with van der Waals surface area (Å²) in [7, 11) is 1.71. The minimum atomic E-state index is -1.19. The average Bonchev–Trinajstić information content (AvgIpc) is 3.22. The van der Waals surface area contributed by atoms with Gasteiger partial charge in [0.1, 0.15) is 24.1 Å². The molecule has 4 atom stereocenters. The maximum absolute atomic E-state index is 14.3. The van der Waals surface area contributed by atoms with Gasteiger partial charge in [-0.25, -0.2) is 4.79 Å². The summed E-state index contributed by atoms with van der Waals surface area (Å²) >= 11 is 12.2. The van der Waals surface area contributed by atoms with Crippen molar-refractivity contribution in [3.63, 3.8) is 0 Å². The van der Waals surface area contributed by atoms with E-state index in [0.717, 1.165) is 22.3 Å². The Labute approximate surface area is 341 Å². The minimum absolute atomic E-state index is 0.0549. The number of nitrogens with one attached hydrogen (secondary N) is 1. The van der Waals surface area contributed by atoms with Gasteiger partial charge in [0.05, 0.1) is 33.4 Å². The zero-order chi connectivity index (χ0) is 40.2. The van der Waals surface area contributed by atoms with Gasteiger partial charge in [0.15, 0.2) is 0 Å². The summed E-state index contributed by atoms with van der Waals surface area (Å²) in [6.07, 6.45) is 0.153. The molecule has 290 valence electrons. The number of carbonyl (C=O) groups excluding carboxylic acids is 2. The highest BCUT2D eigenvalue weighted by Crippen LogP contribution is 2.43. The Morgan fingerprint density at radius 1 is 0.947 bits per heavy atom. The third kappa shape index (κ3) is 8.61. The summed E-state index contributed by atoms with van der Waals surface area (Å²) < 4.78 is 12.4. The summed E-state index contributed by atoms with van der Waals surface area (Å²) in [5.41, 5.74) is 6.13. The van der Waals surface area contributed by atoms with Crippen molar-refractivity contribution in [3.05, 3.63) is 158 Å². The van der Waals surface area contributed by atoms with Gasteiger partial charge in [-0.05, 0) is 89.2 Å². The van der Waals surface area contributed by atoms with Crippen LogP contribution in [0, 0.1) is 11.3 Å². The number of hydrogen-bond donors (Lipinski definition) is 2. The van der Waals surface area contributed by atoms with Crippen molar-refractivity contribution in [2.75, 3.05) is 11.9 Å². The molecule has 2 heterocycles. The molecule has 0 saturated heterocycles. The molecule has 5 aromatic carbocycles. The van der Waals surface area contributed by atoms with Crippen LogP contribution in [0.25, 0.3) is 0 Å². The molecule has 0 spiro atoms. The number of benzene rings is 5. The zero-order valence-electron chi connectivity index (χ0n) is 31.3. The first-order chi connectivity index (χ1) is 27.5. The van der Waals surface area contributed by atoms with Gasteiger partial charge in [0.25, 0.3) is 5.91 Å². The first-order valence-corrected chi connectivity index (χ1v) is 19.4. The molecule has 5 aromatic rings. The first-order valence-electron chi connectivity index (χ1n) is 18.6. The minimum Gasteiger partial charge on any atom is -0.489 e. The summed E-state index contributed by atoms with van der Waals surface area (Å²) in [5.74, 6) is -0.649. The quantitative estimate of drug-likeness (QED) is 0.129. The van der Waals surface area contributed by atoms with Gasteiger partial charge < -0.3 is 24.8 Å². The molecule has 7 rings (SSSR count). The van der Waals surface area contributed by atoms with E-state index in [1.807, 2.05) is 60.7 Å². The van der Waals surface area contributed by atoms with E-state index < -0.39 is 30.1 Å².